The molecule has 20 heavy (non-hydrogen) atoms. The number of carbonyl (C=O) groups is 2. The second kappa shape index (κ2) is 5.81. The number of methoxy groups -OCH3 is 1. The van der Waals surface area contributed by atoms with E-state index in [0.717, 1.165) is 13.2 Å². The molecule has 1 aromatic carbocycles. The van der Waals surface area contributed by atoms with Crippen molar-refractivity contribution in [3.8, 4) is 11.5 Å². The molecule has 0 aromatic heterocycles. The molecule has 110 valence electrons. The van der Waals surface area contributed by atoms with Crippen molar-refractivity contribution in [1.29, 1.82) is 0 Å². The van der Waals surface area contributed by atoms with E-state index in [-0.39, 0.29) is 12.4 Å². The van der Waals surface area contributed by atoms with E-state index in [9.17, 15) is 27.9 Å². The van der Waals surface area contributed by atoms with E-state index in [1.807, 2.05) is 0 Å². The highest BCUT2D eigenvalue weighted by Gasteiger charge is 2.41. The topological polar surface area (TPSA) is 72.8 Å². The molecule has 0 saturated carbocycles. The summed E-state index contributed by atoms with van der Waals surface area (Å²) in [6.45, 7) is 1.38. The number of halogens is 3. The molecule has 0 atom stereocenters. The Morgan fingerprint density at radius 3 is 2.30 bits per heavy atom. The van der Waals surface area contributed by atoms with E-state index in [1.54, 1.807) is 0 Å². The zero-order valence-electron chi connectivity index (χ0n) is 10.6. The van der Waals surface area contributed by atoms with Crippen LogP contribution in [-0.4, -0.2) is 36.8 Å². The van der Waals surface area contributed by atoms with Gasteiger partial charge in [-0.2, -0.15) is 13.2 Å². The van der Waals surface area contributed by atoms with Gasteiger partial charge in [0, 0.05) is 5.56 Å². The van der Waals surface area contributed by atoms with Crippen molar-refractivity contribution in [2.75, 3.05) is 13.7 Å². The van der Waals surface area contributed by atoms with Crippen LogP contribution in [-0.2, 0) is 4.74 Å². The van der Waals surface area contributed by atoms with Gasteiger partial charge in [-0.15, -0.1) is 0 Å². The lowest BCUT2D eigenvalue weighted by Crippen LogP contribution is -2.25. The van der Waals surface area contributed by atoms with Crippen molar-refractivity contribution in [1.82, 2.24) is 0 Å². The van der Waals surface area contributed by atoms with E-state index in [2.05, 4.69) is 9.47 Å². The molecule has 0 bridgehead atoms. The van der Waals surface area contributed by atoms with Crippen LogP contribution in [0.1, 0.15) is 27.6 Å². The highest BCUT2D eigenvalue weighted by Crippen LogP contribution is 2.33. The van der Waals surface area contributed by atoms with Crippen LogP contribution in [0.25, 0.3) is 0 Å². The monoisotopic (exact) mass is 292 g/mol. The number of aromatic hydroxyl groups is 1. The third kappa shape index (κ3) is 3.19. The molecule has 1 aromatic rings. The van der Waals surface area contributed by atoms with Gasteiger partial charge < -0.3 is 14.6 Å². The number of ether oxygens (including phenoxy) is 2. The lowest BCUT2D eigenvalue weighted by Gasteiger charge is -2.12. The van der Waals surface area contributed by atoms with Crippen LogP contribution in [0.15, 0.2) is 12.1 Å². The van der Waals surface area contributed by atoms with Crippen molar-refractivity contribution in [3.05, 3.63) is 23.3 Å². The molecule has 0 aliphatic rings. The maximum atomic E-state index is 12.5. The number of ketones is 1. The normalized spacial score (nSPS) is 11.1. The number of esters is 1. The highest BCUT2D eigenvalue weighted by molar-refractivity contribution is 6.09. The van der Waals surface area contributed by atoms with Crippen LogP contribution >= 0.6 is 0 Å². The average Bonchev–Trinajstić information content (AvgIpc) is 2.36. The van der Waals surface area contributed by atoms with Gasteiger partial charge >= 0.3 is 12.1 Å². The summed E-state index contributed by atoms with van der Waals surface area (Å²) in [7, 11) is 1.15. The Morgan fingerprint density at radius 1 is 1.25 bits per heavy atom. The van der Waals surface area contributed by atoms with Gasteiger partial charge in [0.1, 0.15) is 0 Å². The zero-order chi connectivity index (χ0) is 15.5. The van der Waals surface area contributed by atoms with E-state index >= 15 is 0 Å². The van der Waals surface area contributed by atoms with Crippen molar-refractivity contribution >= 4 is 11.8 Å². The molecule has 0 spiro atoms. The molecule has 0 fully saturated rings. The van der Waals surface area contributed by atoms with Crippen LogP contribution < -0.4 is 4.74 Å². The van der Waals surface area contributed by atoms with Crippen LogP contribution in [0, 0.1) is 0 Å². The van der Waals surface area contributed by atoms with Crippen molar-refractivity contribution in [2.45, 2.75) is 13.1 Å². The average molecular weight is 292 g/mol. The minimum Gasteiger partial charge on any atom is -0.504 e. The molecule has 0 radical (unpaired) electrons. The summed E-state index contributed by atoms with van der Waals surface area (Å²) in [6, 6.07) is 1.35. The van der Waals surface area contributed by atoms with Gasteiger partial charge in [-0.3, -0.25) is 4.79 Å². The molecule has 8 heteroatoms. The summed E-state index contributed by atoms with van der Waals surface area (Å²) in [6.07, 6.45) is -5.18. The first kappa shape index (κ1) is 15.8. The Kier molecular flexibility index (Phi) is 4.59. The Balaban J connectivity index is 3.45. The number of hydrogen-bond donors (Lipinski definition) is 1. The summed E-state index contributed by atoms with van der Waals surface area (Å²) >= 11 is 0. The van der Waals surface area contributed by atoms with Gasteiger partial charge in [0.05, 0.1) is 19.3 Å². The van der Waals surface area contributed by atoms with Crippen molar-refractivity contribution in [3.63, 3.8) is 0 Å². The van der Waals surface area contributed by atoms with E-state index in [0.29, 0.717) is 6.07 Å². The quantitative estimate of drug-likeness (QED) is 0.681. The maximum absolute atomic E-state index is 12.5. The van der Waals surface area contributed by atoms with Crippen LogP contribution in [0.5, 0.6) is 11.5 Å². The van der Waals surface area contributed by atoms with Gasteiger partial charge in [0.2, 0.25) is 0 Å². The van der Waals surface area contributed by atoms with Crippen LogP contribution in [0.2, 0.25) is 0 Å². The number of phenolic OH excluding ortho intramolecular Hbond substituents is 1. The van der Waals surface area contributed by atoms with Crippen molar-refractivity contribution in [2.24, 2.45) is 0 Å². The molecule has 1 rings (SSSR count). The second-order valence-electron chi connectivity index (χ2n) is 3.62. The lowest BCUT2D eigenvalue weighted by atomic mass is 10.0. The van der Waals surface area contributed by atoms with Crippen LogP contribution in [0.4, 0.5) is 13.2 Å². The largest absolute Gasteiger partial charge is 0.504 e. The minimum atomic E-state index is -5.18. The van der Waals surface area contributed by atoms with Gasteiger partial charge in [0.25, 0.3) is 5.78 Å². The first-order valence-electron chi connectivity index (χ1n) is 5.42. The first-order valence-corrected chi connectivity index (χ1v) is 5.42. The smallest absolute Gasteiger partial charge is 0.454 e. The summed E-state index contributed by atoms with van der Waals surface area (Å²) in [5.41, 5.74) is -1.61. The first-order chi connectivity index (χ1) is 9.22. The number of carbonyl (C=O) groups excluding carboxylic acids is 2. The number of Topliss-reactive ketones (excluding diaryl/α,β-unsaturated/α-hetero) is 1. The SMILES string of the molecule is CCOC(=O)c1cc(OC)c(O)cc1C(=O)C(F)(F)F. The molecule has 0 unspecified atom stereocenters. The summed E-state index contributed by atoms with van der Waals surface area (Å²) < 4.78 is 46.7. The zero-order valence-corrected chi connectivity index (χ0v) is 10.6. The maximum Gasteiger partial charge on any atom is 0.454 e. The van der Waals surface area contributed by atoms with E-state index in [4.69, 9.17) is 0 Å². The summed E-state index contributed by atoms with van der Waals surface area (Å²) in [5.74, 6) is -4.29. The van der Waals surface area contributed by atoms with E-state index < -0.39 is 34.8 Å². The van der Waals surface area contributed by atoms with Gasteiger partial charge in [-0.1, -0.05) is 0 Å². The Morgan fingerprint density at radius 2 is 1.85 bits per heavy atom. The molecule has 0 aliphatic carbocycles. The fraction of sp³-hybridized carbons (Fsp3) is 0.333. The molecule has 5 nitrogen and oxygen atoms in total. The molecular weight excluding hydrogens is 281 g/mol. The molecule has 1 N–H and O–H groups in total. The molecular formula is C12H11F3O5. The molecule has 0 heterocycles. The van der Waals surface area contributed by atoms with Gasteiger partial charge in [-0.25, -0.2) is 4.79 Å². The number of rotatable bonds is 4. The molecule has 0 aliphatic heterocycles. The third-order valence-electron chi connectivity index (χ3n) is 2.32. The predicted molar refractivity (Wildman–Crippen MR) is 61.0 cm³/mol. The Labute approximate surface area is 111 Å². The predicted octanol–water partition coefficient (Wildman–Crippen LogP) is 2.32. The summed E-state index contributed by atoms with van der Waals surface area (Å²) in [4.78, 5) is 22.9. The van der Waals surface area contributed by atoms with Crippen molar-refractivity contribution < 1.29 is 37.3 Å². The fourth-order valence-corrected chi connectivity index (χ4v) is 1.45. The van der Waals surface area contributed by atoms with Gasteiger partial charge in [0.15, 0.2) is 11.5 Å². The number of phenols is 1. The lowest BCUT2D eigenvalue weighted by molar-refractivity contribution is -0.0885. The highest BCUT2D eigenvalue weighted by atomic mass is 19.4. The molecule has 0 amide bonds. The second-order valence-corrected chi connectivity index (χ2v) is 3.62. The summed E-state index contributed by atoms with van der Waals surface area (Å²) in [5, 5.41) is 9.45. The number of benzene rings is 1. The number of alkyl halides is 3. The minimum absolute atomic E-state index is 0.0817. The fourth-order valence-electron chi connectivity index (χ4n) is 1.45. The number of hydrogen-bond acceptors (Lipinski definition) is 5. The standard InChI is InChI=1S/C12H11F3O5/c1-3-20-11(18)7-5-9(19-2)8(16)4-6(7)10(17)12(13,14)15/h4-5,16H,3H2,1-2H3. The Hall–Kier alpha value is -2.25. The third-order valence-corrected chi connectivity index (χ3v) is 2.32. The van der Waals surface area contributed by atoms with Gasteiger partial charge in [-0.05, 0) is 19.1 Å². The van der Waals surface area contributed by atoms with E-state index in [1.165, 1.54) is 6.92 Å². The molecule has 0 saturated heterocycles. The Bertz CT molecular complexity index is 537. The van der Waals surface area contributed by atoms with Crippen LogP contribution in [0.3, 0.4) is 0 Å².